The number of anilines is 1. The molecule has 0 spiro atoms. The minimum Gasteiger partial charge on any atom is -0.338 e. The second-order valence-electron chi connectivity index (χ2n) is 6.28. The number of aryl methyl sites for hydroxylation is 1. The highest BCUT2D eigenvalue weighted by molar-refractivity contribution is 5.36. The maximum Gasteiger partial charge on any atom is 0.225 e. The van der Waals surface area contributed by atoms with Crippen LogP contribution in [0, 0.1) is 12.8 Å². The van der Waals surface area contributed by atoms with Gasteiger partial charge in [0.05, 0.1) is 0 Å². The lowest BCUT2D eigenvalue weighted by Gasteiger charge is -2.23. The SMILES string of the molecule is CCCNCc1cnc(N(CC2CC2)C2CC2)nc1C. The molecule has 0 saturated heterocycles. The van der Waals surface area contributed by atoms with Crippen molar-refractivity contribution in [3.05, 3.63) is 17.5 Å². The van der Waals surface area contributed by atoms with Crippen molar-refractivity contribution in [1.29, 1.82) is 0 Å². The van der Waals surface area contributed by atoms with E-state index in [0.717, 1.165) is 43.6 Å². The Balaban J connectivity index is 1.67. The first-order valence-corrected chi connectivity index (χ1v) is 8.07. The van der Waals surface area contributed by atoms with Crippen molar-refractivity contribution in [1.82, 2.24) is 15.3 Å². The molecule has 0 bridgehead atoms. The highest BCUT2D eigenvalue weighted by Gasteiger charge is 2.35. The second-order valence-corrected chi connectivity index (χ2v) is 6.28. The van der Waals surface area contributed by atoms with E-state index in [1.807, 2.05) is 6.20 Å². The normalized spacial score (nSPS) is 18.3. The van der Waals surface area contributed by atoms with E-state index in [4.69, 9.17) is 4.98 Å². The maximum atomic E-state index is 4.77. The fraction of sp³-hybridized carbons (Fsp3) is 0.750. The van der Waals surface area contributed by atoms with Gasteiger partial charge in [0.2, 0.25) is 5.95 Å². The number of aromatic nitrogens is 2. The number of rotatable bonds is 8. The monoisotopic (exact) mass is 274 g/mol. The summed E-state index contributed by atoms with van der Waals surface area (Å²) in [5, 5.41) is 3.42. The van der Waals surface area contributed by atoms with Crippen molar-refractivity contribution >= 4 is 5.95 Å². The van der Waals surface area contributed by atoms with Crippen LogP contribution in [-0.4, -0.2) is 29.1 Å². The van der Waals surface area contributed by atoms with Crippen LogP contribution in [0.5, 0.6) is 0 Å². The third-order valence-electron chi connectivity index (χ3n) is 4.21. The van der Waals surface area contributed by atoms with Gasteiger partial charge in [0.15, 0.2) is 0 Å². The van der Waals surface area contributed by atoms with Gasteiger partial charge in [0, 0.05) is 36.6 Å². The molecule has 0 unspecified atom stereocenters. The van der Waals surface area contributed by atoms with Crippen LogP contribution in [0.25, 0.3) is 0 Å². The van der Waals surface area contributed by atoms with Crippen molar-refractivity contribution in [2.24, 2.45) is 5.92 Å². The van der Waals surface area contributed by atoms with Gasteiger partial charge in [-0.1, -0.05) is 6.92 Å². The molecule has 0 atom stereocenters. The van der Waals surface area contributed by atoms with Crippen LogP contribution in [-0.2, 0) is 6.54 Å². The van der Waals surface area contributed by atoms with Crippen LogP contribution < -0.4 is 10.2 Å². The fourth-order valence-corrected chi connectivity index (χ4v) is 2.55. The first-order valence-electron chi connectivity index (χ1n) is 8.07. The van der Waals surface area contributed by atoms with Crippen molar-refractivity contribution in [2.75, 3.05) is 18.0 Å². The molecule has 2 aliphatic rings. The summed E-state index contributed by atoms with van der Waals surface area (Å²) in [6, 6.07) is 0.707. The molecule has 1 N–H and O–H groups in total. The minimum absolute atomic E-state index is 0.707. The van der Waals surface area contributed by atoms with Crippen molar-refractivity contribution in [3.8, 4) is 0 Å². The van der Waals surface area contributed by atoms with Crippen LogP contribution >= 0.6 is 0 Å². The molecule has 1 aromatic rings. The molecule has 3 rings (SSSR count). The zero-order valence-electron chi connectivity index (χ0n) is 12.7. The Bertz CT molecular complexity index is 452. The van der Waals surface area contributed by atoms with E-state index < -0.39 is 0 Å². The molecule has 0 aromatic carbocycles. The Morgan fingerprint density at radius 3 is 2.70 bits per heavy atom. The topological polar surface area (TPSA) is 41.1 Å². The lowest BCUT2D eigenvalue weighted by Crippen LogP contribution is -2.30. The molecule has 4 nitrogen and oxygen atoms in total. The first-order chi connectivity index (χ1) is 9.78. The number of nitrogens with one attached hydrogen (secondary N) is 1. The standard InChI is InChI=1S/C16H26N4/c1-3-8-17-9-14-10-18-16(19-12(14)2)20(15-6-7-15)11-13-4-5-13/h10,13,15,17H,3-9,11H2,1-2H3. The predicted octanol–water partition coefficient (Wildman–Crippen LogP) is 2.66. The molecule has 0 aliphatic heterocycles. The summed E-state index contributed by atoms with van der Waals surface area (Å²) in [7, 11) is 0. The molecule has 1 aromatic heterocycles. The molecular formula is C16H26N4. The fourth-order valence-electron chi connectivity index (χ4n) is 2.55. The zero-order chi connectivity index (χ0) is 13.9. The Labute approximate surface area is 122 Å². The number of nitrogens with zero attached hydrogens (tertiary/aromatic N) is 3. The van der Waals surface area contributed by atoms with Gasteiger partial charge in [-0.15, -0.1) is 0 Å². The van der Waals surface area contributed by atoms with E-state index in [-0.39, 0.29) is 0 Å². The van der Waals surface area contributed by atoms with E-state index in [0.29, 0.717) is 6.04 Å². The van der Waals surface area contributed by atoms with Crippen LogP contribution in [0.2, 0.25) is 0 Å². The Kier molecular flexibility index (Phi) is 4.20. The van der Waals surface area contributed by atoms with E-state index >= 15 is 0 Å². The van der Waals surface area contributed by atoms with Crippen LogP contribution in [0.15, 0.2) is 6.20 Å². The second kappa shape index (κ2) is 6.08. The minimum atomic E-state index is 0.707. The van der Waals surface area contributed by atoms with Gasteiger partial charge >= 0.3 is 0 Å². The molecule has 1 heterocycles. The van der Waals surface area contributed by atoms with Crippen molar-refractivity contribution in [3.63, 3.8) is 0 Å². The van der Waals surface area contributed by atoms with Gasteiger partial charge in [0.1, 0.15) is 0 Å². The van der Waals surface area contributed by atoms with E-state index in [1.54, 1.807) is 0 Å². The lowest BCUT2D eigenvalue weighted by molar-refractivity contribution is 0.662. The number of hydrogen-bond donors (Lipinski definition) is 1. The van der Waals surface area contributed by atoms with E-state index in [1.165, 1.54) is 31.2 Å². The largest absolute Gasteiger partial charge is 0.338 e. The Morgan fingerprint density at radius 2 is 2.10 bits per heavy atom. The van der Waals surface area contributed by atoms with Crippen molar-refractivity contribution in [2.45, 2.75) is 58.5 Å². The van der Waals surface area contributed by atoms with Crippen LogP contribution in [0.4, 0.5) is 5.95 Å². The maximum absolute atomic E-state index is 4.77. The third kappa shape index (κ3) is 3.48. The van der Waals surface area contributed by atoms with E-state index in [9.17, 15) is 0 Å². The summed E-state index contributed by atoms with van der Waals surface area (Å²) in [6.45, 7) is 7.39. The summed E-state index contributed by atoms with van der Waals surface area (Å²) in [4.78, 5) is 11.9. The Hall–Kier alpha value is -1.16. The van der Waals surface area contributed by atoms with Gasteiger partial charge < -0.3 is 10.2 Å². The van der Waals surface area contributed by atoms with Gasteiger partial charge in [-0.05, 0) is 51.5 Å². The van der Waals surface area contributed by atoms with Gasteiger partial charge in [-0.25, -0.2) is 9.97 Å². The summed E-state index contributed by atoms with van der Waals surface area (Å²) in [5.41, 5.74) is 2.35. The average molecular weight is 274 g/mol. The molecule has 20 heavy (non-hydrogen) atoms. The molecular weight excluding hydrogens is 248 g/mol. The predicted molar refractivity (Wildman–Crippen MR) is 81.9 cm³/mol. The Morgan fingerprint density at radius 1 is 1.30 bits per heavy atom. The highest BCUT2D eigenvalue weighted by atomic mass is 15.3. The molecule has 4 heteroatoms. The summed E-state index contributed by atoms with van der Waals surface area (Å²) >= 11 is 0. The lowest BCUT2D eigenvalue weighted by atomic mass is 10.2. The van der Waals surface area contributed by atoms with E-state index in [2.05, 4.69) is 29.0 Å². The van der Waals surface area contributed by atoms with Crippen molar-refractivity contribution < 1.29 is 0 Å². The smallest absolute Gasteiger partial charge is 0.225 e. The third-order valence-corrected chi connectivity index (χ3v) is 4.21. The van der Waals surface area contributed by atoms with Crippen LogP contribution in [0.1, 0.15) is 50.3 Å². The highest BCUT2D eigenvalue weighted by Crippen LogP contribution is 2.36. The van der Waals surface area contributed by atoms with Crippen LogP contribution in [0.3, 0.4) is 0 Å². The molecule has 0 amide bonds. The molecule has 2 saturated carbocycles. The average Bonchev–Trinajstić information content (AvgIpc) is 3.31. The molecule has 2 fully saturated rings. The summed E-state index contributed by atoms with van der Waals surface area (Å²) in [6.07, 6.45) is 8.59. The summed E-state index contributed by atoms with van der Waals surface area (Å²) in [5.74, 6) is 1.85. The molecule has 2 aliphatic carbocycles. The zero-order valence-corrected chi connectivity index (χ0v) is 12.7. The van der Waals surface area contributed by atoms with Gasteiger partial charge in [-0.3, -0.25) is 0 Å². The molecule has 0 radical (unpaired) electrons. The van der Waals surface area contributed by atoms with Gasteiger partial charge in [0.25, 0.3) is 0 Å². The first kappa shape index (κ1) is 13.8. The summed E-state index contributed by atoms with van der Waals surface area (Å²) < 4.78 is 0. The van der Waals surface area contributed by atoms with Gasteiger partial charge in [-0.2, -0.15) is 0 Å². The molecule has 110 valence electrons. The quantitative estimate of drug-likeness (QED) is 0.740. The number of hydrogen-bond acceptors (Lipinski definition) is 4.